The van der Waals surface area contributed by atoms with Crippen molar-refractivity contribution in [2.45, 2.75) is 20.3 Å². The molecule has 0 unspecified atom stereocenters. The molecule has 1 amide bonds. The number of carbonyl (C=O) groups is 1. The highest BCUT2D eigenvalue weighted by Gasteiger charge is 2.02. The Morgan fingerprint density at radius 3 is 2.88 bits per heavy atom. The number of anilines is 1. The molecule has 0 aliphatic rings. The summed E-state index contributed by atoms with van der Waals surface area (Å²) in [5.74, 6) is 0.746. The number of carbonyl (C=O) groups excluding carboxylic acids is 1. The minimum absolute atomic E-state index is 0.359. The molecule has 16 heavy (non-hydrogen) atoms. The molecular formula is C12H17NO3. The lowest BCUT2D eigenvalue weighted by atomic mass is 10.3. The number of hydrogen-bond acceptors (Lipinski definition) is 3. The van der Waals surface area contributed by atoms with Gasteiger partial charge < -0.3 is 9.47 Å². The topological polar surface area (TPSA) is 47.6 Å². The number of ether oxygens (including phenoxy) is 2. The highest BCUT2D eigenvalue weighted by molar-refractivity contribution is 5.84. The normalized spacial score (nSPS) is 9.62. The van der Waals surface area contributed by atoms with Crippen molar-refractivity contribution in [3.8, 4) is 5.75 Å². The SMILES string of the molecule is CCCOc1cccc(NC(=O)OCC)c1. The average molecular weight is 223 g/mol. The fourth-order valence-corrected chi connectivity index (χ4v) is 1.17. The summed E-state index contributed by atoms with van der Waals surface area (Å²) >= 11 is 0. The van der Waals surface area contributed by atoms with E-state index in [4.69, 9.17) is 9.47 Å². The van der Waals surface area contributed by atoms with Crippen molar-refractivity contribution in [1.82, 2.24) is 0 Å². The Balaban J connectivity index is 2.56. The second-order valence-electron chi connectivity index (χ2n) is 3.22. The van der Waals surface area contributed by atoms with Gasteiger partial charge in [0.05, 0.1) is 13.2 Å². The van der Waals surface area contributed by atoms with Crippen molar-refractivity contribution in [3.63, 3.8) is 0 Å². The molecule has 0 aliphatic carbocycles. The van der Waals surface area contributed by atoms with Crippen LogP contribution in [0.25, 0.3) is 0 Å². The highest BCUT2D eigenvalue weighted by Crippen LogP contribution is 2.17. The van der Waals surface area contributed by atoms with Crippen LogP contribution in [0, 0.1) is 0 Å². The minimum Gasteiger partial charge on any atom is -0.494 e. The van der Waals surface area contributed by atoms with Crippen LogP contribution >= 0.6 is 0 Å². The molecule has 88 valence electrons. The van der Waals surface area contributed by atoms with Gasteiger partial charge in [0.1, 0.15) is 5.75 Å². The summed E-state index contributed by atoms with van der Waals surface area (Å²) in [5.41, 5.74) is 0.673. The lowest BCUT2D eigenvalue weighted by Crippen LogP contribution is -2.13. The maximum absolute atomic E-state index is 11.2. The lowest BCUT2D eigenvalue weighted by Gasteiger charge is -2.08. The molecule has 4 nitrogen and oxygen atoms in total. The van der Waals surface area contributed by atoms with Gasteiger partial charge in [0.2, 0.25) is 0 Å². The van der Waals surface area contributed by atoms with Crippen LogP contribution in [0.1, 0.15) is 20.3 Å². The van der Waals surface area contributed by atoms with Gasteiger partial charge in [-0.05, 0) is 25.5 Å². The molecule has 0 spiro atoms. The molecule has 0 saturated heterocycles. The molecule has 0 atom stereocenters. The van der Waals surface area contributed by atoms with E-state index in [2.05, 4.69) is 5.32 Å². The van der Waals surface area contributed by atoms with E-state index in [-0.39, 0.29) is 0 Å². The molecule has 1 aromatic rings. The van der Waals surface area contributed by atoms with Crippen LogP contribution in [0.4, 0.5) is 10.5 Å². The van der Waals surface area contributed by atoms with Gasteiger partial charge in [-0.2, -0.15) is 0 Å². The molecule has 1 rings (SSSR count). The molecule has 0 radical (unpaired) electrons. The van der Waals surface area contributed by atoms with Gasteiger partial charge in [0.15, 0.2) is 0 Å². The highest BCUT2D eigenvalue weighted by atomic mass is 16.5. The Morgan fingerprint density at radius 2 is 2.19 bits per heavy atom. The van der Waals surface area contributed by atoms with Crippen molar-refractivity contribution >= 4 is 11.8 Å². The predicted molar refractivity (Wildman–Crippen MR) is 62.9 cm³/mol. The van der Waals surface area contributed by atoms with Crippen LogP contribution < -0.4 is 10.1 Å². The second-order valence-corrected chi connectivity index (χ2v) is 3.22. The Bertz CT molecular complexity index is 339. The van der Waals surface area contributed by atoms with E-state index in [1.165, 1.54) is 0 Å². The Kier molecular flexibility index (Phi) is 5.19. The maximum Gasteiger partial charge on any atom is 0.411 e. The third-order valence-corrected chi connectivity index (χ3v) is 1.83. The van der Waals surface area contributed by atoms with E-state index in [0.717, 1.165) is 12.2 Å². The molecule has 0 bridgehead atoms. The van der Waals surface area contributed by atoms with Crippen LogP contribution in [-0.4, -0.2) is 19.3 Å². The van der Waals surface area contributed by atoms with E-state index in [1.807, 2.05) is 19.1 Å². The molecule has 1 aromatic carbocycles. The molecule has 0 saturated carbocycles. The van der Waals surface area contributed by atoms with Crippen LogP contribution in [0.2, 0.25) is 0 Å². The first-order chi connectivity index (χ1) is 7.76. The van der Waals surface area contributed by atoms with Gasteiger partial charge >= 0.3 is 6.09 Å². The first-order valence-electron chi connectivity index (χ1n) is 5.43. The van der Waals surface area contributed by atoms with Crippen molar-refractivity contribution in [3.05, 3.63) is 24.3 Å². The van der Waals surface area contributed by atoms with E-state index in [1.54, 1.807) is 19.1 Å². The summed E-state index contributed by atoms with van der Waals surface area (Å²) in [6, 6.07) is 7.24. The van der Waals surface area contributed by atoms with Crippen LogP contribution in [0.3, 0.4) is 0 Å². The molecule has 0 heterocycles. The third-order valence-electron chi connectivity index (χ3n) is 1.83. The fourth-order valence-electron chi connectivity index (χ4n) is 1.17. The number of rotatable bonds is 5. The standard InChI is InChI=1S/C12H17NO3/c1-3-8-16-11-7-5-6-10(9-11)13-12(14)15-4-2/h5-7,9H,3-4,8H2,1-2H3,(H,13,14). The Morgan fingerprint density at radius 1 is 1.38 bits per heavy atom. The number of hydrogen-bond donors (Lipinski definition) is 1. The fraction of sp³-hybridized carbons (Fsp3) is 0.417. The number of nitrogens with one attached hydrogen (secondary N) is 1. The summed E-state index contributed by atoms with van der Waals surface area (Å²) in [4.78, 5) is 11.2. The van der Waals surface area contributed by atoms with Gasteiger partial charge in [-0.25, -0.2) is 4.79 Å². The van der Waals surface area contributed by atoms with Crippen molar-refractivity contribution in [2.24, 2.45) is 0 Å². The number of benzene rings is 1. The predicted octanol–water partition coefficient (Wildman–Crippen LogP) is 3.04. The largest absolute Gasteiger partial charge is 0.494 e. The quantitative estimate of drug-likeness (QED) is 0.834. The van der Waals surface area contributed by atoms with Crippen molar-refractivity contribution in [2.75, 3.05) is 18.5 Å². The van der Waals surface area contributed by atoms with Gasteiger partial charge in [0, 0.05) is 11.8 Å². The summed E-state index contributed by atoms with van der Waals surface area (Å²) in [5, 5.41) is 2.62. The smallest absolute Gasteiger partial charge is 0.411 e. The lowest BCUT2D eigenvalue weighted by molar-refractivity contribution is 0.168. The molecule has 4 heteroatoms. The van der Waals surface area contributed by atoms with E-state index in [9.17, 15) is 4.79 Å². The second kappa shape index (κ2) is 6.71. The first kappa shape index (κ1) is 12.4. The molecule has 1 N–H and O–H groups in total. The monoisotopic (exact) mass is 223 g/mol. The maximum atomic E-state index is 11.2. The number of amides is 1. The molecule has 0 fully saturated rings. The van der Waals surface area contributed by atoms with Gasteiger partial charge in [0.25, 0.3) is 0 Å². The zero-order valence-corrected chi connectivity index (χ0v) is 9.66. The zero-order chi connectivity index (χ0) is 11.8. The summed E-state index contributed by atoms with van der Waals surface area (Å²) in [6.07, 6.45) is 0.505. The summed E-state index contributed by atoms with van der Waals surface area (Å²) in [6.45, 7) is 4.84. The third kappa shape index (κ3) is 4.21. The Hall–Kier alpha value is -1.71. The van der Waals surface area contributed by atoms with Crippen molar-refractivity contribution < 1.29 is 14.3 Å². The van der Waals surface area contributed by atoms with E-state index < -0.39 is 6.09 Å². The summed E-state index contributed by atoms with van der Waals surface area (Å²) in [7, 11) is 0. The molecule has 0 aliphatic heterocycles. The van der Waals surface area contributed by atoms with Crippen LogP contribution in [-0.2, 0) is 4.74 Å². The van der Waals surface area contributed by atoms with Crippen LogP contribution in [0.15, 0.2) is 24.3 Å². The van der Waals surface area contributed by atoms with Gasteiger partial charge in [-0.1, -0.05) is 13.0 Å². The van der Waals surface area contributed by atoms with E-state index >= 15 is 0 Å². The molecular weight excluding hydrogens is 206 g/mol. The van der Waals surface area contributed by atoms with Gasteiger partial charge in [-0.3, -0.25) is 5.32 Å². The van der Waals surface area contributed by atoms with Crippen molar-refractivity contribution in [1.29, 1.82) is 0 Å². The minimum atomic E-state index is -0.449. The van der Waals surface area contributed by atoms with E-state index in [0.29, 0.717) is 18.9 Å². The van der Waals surface area contributed by atoms with Crippen LogP contribution in [0.5, 0.6) is 5.75 Å². The molecule has 0 aromatic heterocycles. The average Bonchev–Trinajstić information content (AvgIpc) is 2.27. The Labute approximate surface area is 95.6 Å². The first-order valence-corrected chi connectivity index (χ1v) is 5.43. The van der Waals surface area contributed by atoms with Gasteiger partial charge in [-0.15, -0.1) is 0 Å². The summed E-state index contributed by atoms with van der Waals surface area (Å²) < 4.78 is 10.2. The zero-order valence-electron chi connectivity index (χ0n) is 9.66.